The minimum atomic E-state index is 0.482. The molecule has 0 bridgehead atoms. The van der Waals surface area contributed by atoms with Gasteiger partial charge in [-0.3, -0.25) is 4.90 Å². The molecule has 0 aromatic rings. The zero-order chi connectivity index (χ0) is 11.5. The summed E-state index contributed by atoms with van der Waals surface area (Å²) in [6.07, 6.45) is 6.95. The SMILES string of the molecule is CCC(C)N(CCC(C)(C)C)C1CCC1. The molecule has 90 valence electrons. The maximum absolute atomic E-state index is 2.76. The van der Waals surface area contributed by atoms with Gasteiger partial charge in [0.15, 0.2) is 0 Å². The van der Waals surface area contributed by atoms with Crippen molar-refractivity contribution >= 4 is 0 Å². The Morgan fingerprint density at radius 1 is 1.27 bits per heavy atom. The molecule has 15 heavy (non-hydrogen) atoms. The van der Waals surface area contributed by atoms with Crippen LogP contribution < -0.4 is 0 Å². The monoisotopic (exact) mass is 211 g/mol. The van der Waals surface area contributed by atoms with Crippen molar-refractivity contribution in [1.82, 2.24) is 4.90 Å². The molecule has 1 fully saturated rings. The molecule has 0 aromatic heterocycles. The second-order valence-corrected chi connectivity index (χ2v) is 6.39. The average molecular weight is 211 g/mol. The first kappa shape index (κ1) is 13.0. The van der Waals surface area contributed by atoms with E-state index in [-0.39, 0.29) is 0 Å². The van der Waals surface area contributed by atoms with Crippen molar-refractivity contribution in [3.8, 4) is 0 Å². The number of hydrogen-bond donors (Lipinski definition) is 0. The summed E-state index contributed by atoms with van der Waals surface area (Å²) in [4.78, 5) is 2.76. The molecular weight excluding hydrogens is 182 g/mol. The minimum absolute atomic E-state index is 0.482. The van der Waals surface area contributed by atoms with E-state index in [1.54, 1.807) is 0 Å². The zero-order valence-electron chi connectivity index (χ0n) is 11.3. The molecular formula is C14H29N. The Labute approximate surface area is 96.2 Å². The van der Waals surface area contributed by atoms with Gasteiger partial charge in [-0.15, -0.1) is 0 Å². The predicted octanol–water partition coefficient (Wildman–Crippen LogP) is 4.08. The van der Waals surface area contributed by atoms with Crippen molar-refractivity contribution in [3.05, 3.63) is 0 Å². The van der Waals surface area contributed by atoms with Crippen LogP contribution in [0.25, 0.3) is 0 Å². The molecule has 0 spiro atoms. The highest BCUT2D eigenvalue weighted by molar-refractivity contribution is 4.83. The van der Waals surface area contributed by atoms with Gasteiger partial charge in [0.1, 0.15) is 0 Å². The first-order valence-electron chi connectivity index (χ1n) is 6.70. The Balaban J connectivity index is 2.41. The van der Waals surface area contributed by atoms with Crippen LogP contribution in [-0.4, -0.2) is 23.5 Å². The molecule has 1 rings (SSSR count). The van der Waals surface area contributed by atoms with Crippen molar-refractivity contribution in [1.29, 1.82) is 0 Å². The Kier molecular flexibility index (Phi) is 4.64. The summed E-state index contributed by atoms with van der Waals surface area (Å²) in [5.41, 5.74) is 0.482. The lowest BCUT2D eigenvalue weighted by atomic mass is 9.87. The summed E-state index contributed by atoms with van der Waals surface area (Å²) in [5.74, 6) is 0. The number of rotatable bonds is 5. The van der Waals surface area contributed by atoms with E-state index in [4.69, 9.17) is 0 Å². The maximum atomic E-state index is 2.76. The molecule has 0 radical (unpaired) electrons. The first-order valence-corrected chi connectivity index (χ1v) is 6.70. The van der Waals surface area contributed by atoms with Gasteiger partial charge in [0.05, 0.1) is 0 Å². The topological polar surface area (TPSA) is 3.24 Å². The quantitative estimate of drug-likeness (QED) is 0.662. The van der Waals surface area contributed by atoms with E-state index >= 15 is 0 Å². The molecule has 0 N–H and O–H groups in total. The first-order chi connectivity index (χ1) is 6.94. The van der Waals surface area contributed by atoms with Gasteiger partial charge in [-0.2, -0.15) is 0 Å². The Morgan fingerprint density at radius 3 is 2.20 bits per heavy atom. The Hall–Kier alpha value is -0.0400. The molecule has 1 atom stereocenters. The molecule has 1 saturated carbocycles. The molecule has 0 amide bonds. The van der Waals surface area contributed by atoms with Crippen molar-refractivity contribution in [2.75, 3.05) is 6.54 Å². The van der Waals surface area contributed by atoms with Crippen LogP contribution in [0.3, 0.4) is 0 Å². The van der Waals surface area contributed by atoms with Gasteiger partial charge in [0.2, 0.25) is 0 Å². The Morgan fingerprint density at radius 2 is 1.87 bits per heavy atom. The fraction of sp³-hybridized carbons (Fsp3) is 1.00. The van der Waals surface area contributed by atoms with Gasteiger partial charge in [0.25, 0.3) is 0 Å². The van der Waals surface area contributed by atoms with Crippen molar-refractivity contribution in [2.45, 2.75) is 78.8 Å². The van der Waals surface area contributed by atoms with Gasteiger partial charge >= 0.3 is 0 Å². The Bertz CT molecular complexity index is 172. The lowest BCUT2D eigenvalue weighted by molar-refractivity contribution is 0.0727. The van der Waals surface area contributed by atoms with Crippen molar-refractivity contribution in [3.63, 3.8) is 0 Å². The number of hydrogen-bond acceptors (Lipinski definition) is 1. The van der Waals surface area contributed by atoms with E-state index < -0.39 is 0 Å². The van der Waals surface area contributed by atoms with Crippen LogP contribution in [0.4, 0.5) is 0 Å². The zero-order valence-corrected chi connectivity index (χ0v) is 11.3. The lowest BCUT2D eigenvalue weighted by Crippen LogP contribution is -2.46. The van der Waals surface area contributed by atoms with Crippen LogP contribution in [0.5, 0.6) is 0 Å². The van der Waals surface area contributed by atoms with Crippen LogP contribution in [0.1, 0.15) is 66.7 Å². The van der Waals surface area contributed by atoms with E-state index in [2.05, 4.69) is 39.5 Å². The molecule has 0 aromatic carbocycles. The standard InChI is InChI=1S/C14H29N/c1-6-12(2)15(13-8-7-9-13)11-10-14(3,4)5/h12-13H,6-11H2,1-5H3. The molecule has 1 heteroatoms. The van der Waals surface area contributed by atoms with E-state index in [0.29, 0.717) is 5.41 Å². The highest BCUT2D eigenvalue weighted by Crippen LogP contribution is 2.29. The summed E-state index contributed by atoms with van der Waals surface area (Å²) in [6, 6.07) is 1.68. The lowest BCUT2D eigenvalue weighted by Gasteiger charge is -2.42. The third kappa shape index (κ3) is 4.14. The van der Waals surface area contributed by atoms with Crippen molar-refractivity contribution < 1.29 is 0 Å². The average Bonchev–Trinajstić information content (AvgIpc) is 2.06. The van der Waals surface area contributed by atoms with Gasteiger partial charge in [-0.05, 0) is 44.6 Å². The molecule has 1 aliphatic carbocycles. The molecule has 1 nitrogen and oxygen atoms in total. The van der Waals surface area contributed by atoms with Gasteiger partial charge in [-0.1, -0.05) is 34.1 Å². The minimum Gasteiger partial charge on any atom is -0.298 e. The second kappa shape index (κ2) is 5.34. The van der Waals surface area contributed by atoms with E-state index in [0.717, 1.165) is 12.1 Å². The molecule has 0 saturated heterocycles. The summed E-state index contributed by atoms with van der Waals surface area (Å²) in [5, 5.41) is 0. The smallest absolute Gasteiger partial charge is 0.00980 e. The van der Waals surface area contributed by atoms with Gasteiger partial charge < -0.3 is 0 Å². The maximum Gasteiger partial charge on any atom is 0.00980 e. The summed E-state index contributed by atoms with van der Waals surface area (Å²) in [7, 11) is 0. The van der Waals surface area contributed by atoms with E-state index in [1.807, 2.05) is 0 Å². The normalized spacial score (nSPS) is 20.4. The van der Waals surface area contributed by atoms with Crippen LogP contribution >= 0.6 is 0 Å². The highest BCUT2D eigenvalue weighted by Gasteiger charge is 2.28. The summed E-state index contributed by atoms with van der Waals surface area (Å²) < 4.78 is 0. The van der Waals surface area contributed by atoms with E-state index in [1.165, 1.54) is 38.6 Å². The molecule has 0 aliphatic heterocycles. The third-order valence-electron chi connectivity index (χ3n) is 3.82. The molecule has 1 aliphatic rings. The van der Waals surface area contributed by atoms with Gasteiger partial charge in [0, 0.05) is 12.1 Å². The van der Waals surface area contributed by atoms with E-state index in [9.17, 15) is 0 Å². The van der Waals surface area contributed by atoms with Crippen LogP contribution in [-0.2, 0) is 0 Å². The largest absolute Gasteiger partial charge is 0.298 e. The third-order valence-corrected chi connectivity index (χ3v) is 3.82. The van der Waals surface area contributed by atoms with Crippen LogP contribution in [0, 0.1) is 5.41 Å². The fourth-order valence-corrected chi connectivity index (χ4v) is 2.18. The predicted molar refractivity (Wildman–Crippen MR) is 68.2 cm³/mol. The summed E-state index contributed by atoms with van der Waals surface area (Å²) >= 11 is 0. The molecule has 1 unspecified atom stereocenters. The second-order valence-electron chi connectivity index (χ2n) is 6.39. The van der Waals surface area contributed by atoms with Crippen LogP contribution in [0.2, 0.25) is 0 Å². The molecule has 0 heterocycles. The van der Waals surface area contributed by atoms with Crippen LogP contribution in [0.15, 0.2) is 0 Å². The summed E-state index contributed by atoms with van der Waals surface area (Å²) in [6.45, 7) is 13.0. The van der Waals surface area contributed by atoms with Crippen molar-refractivity contribution in [2.24, 2.45) is 5.41 Å². The highest BCUT2D eigenvalue weighted by atomic mass is 15.2. The van der Waals surface area contributed by atoms with Gasteiger partial charge in [-0.25, -0.2) is 0 Å². The number of nitrogens with zero attached hydrogens (tertiary/aromatic N) is 1. The fourth-order valence-electron chi connectivity index (χ4n) is 2.18.